The second-order valence-corrected chi connectivity index (χ2v) is 5.89. The molecule has 0 aromatic heterocycles. The van der Waals surface area contributed by atoms with Crippen LogP contribution in [-0.4, -0.2) is 31.6 Å². The number of hydrogen-bond donors (Lipinski definition) is 2. The van der Waals surface area contributed by atoms with Crippen molar-refractivity contribution in [2.24, 2.45) is 5.92 Å². The molecule has 1 aromatic carbocycles. The Hall–Kier alpha value is -1.26. The van der Waals surface area contributed by atoms with Gasteiger partial charge in [-0.3, -0.25) is 4.79 Å². The summed E-state index contributed by atoms with van der Waals surface area (Å²) in [6, 6.07) is 7.18. The van der Waals surface area contributed by atoms with E-state index in [-0.39, 0.29) is 5.91 Å². The third-order valence-electron chi connectivity index (χ3n) is 3.76. The van der Waals surface area contributed by atoms with Crippen molar-refractivity contribution in [3.05, 3.63) is 29.3 Å². The molecule has 0 radical (unpaired) electrons. The zero-order valence-corrected chi connectivity index (χ0v) is 13.2. The number of ether oxygens (including phenoxy) is 1. The van der Waals surface area contributed by atoms with Gasteiger partial charge < -0.3 is 15.4 Å². The summed E-state index contributed by atoms with van der Waals surface area (Å²) < 4.78 is 5.59. The van der Waals surface area contributed by atoms with Crippen molar-refractivity contribution in [1.82, 2.24) is 10.6 Å². The summed E-state index contributed by atoms with van der Waals surface area (Å²) >= 11 is 6.02. The predicted molar refractivity (Wildman–Crippen MR) is 84.8 cm³/mol. The lowest BCUT2D eigenvalue weighted by atomic mass is 9.96. The first-order chi connectivity index (χ1) is 10.2. The van der Waals surface area contributed by atoms with Gasteiger partial charge in [0.1, 0.15) is 5.75 Å². The van der Waals surface area contributed by atoms with Gasteiger partial charge in [-0.2, -0.15) is 0 Å². The van der Waals surface area contributed by atoms with E-state index in [0.29, 0.717) is 23.2 Å². The lowest BCUT2D eigenvalue weighted by molar-refractivity contribution is -0.127. The Morgan fingerprint density at radius 1 is 1.52 bits per heavy atom. The molecular weight excluding hydrogens is 288 g/mol. The van der Waals surface area contributed by atoms with E-state index in [1.807, 2.05) is 12.1 Å². The summed E-state index contributed by atoms with van der Waals surface area (Å²) in [5, 5.41) is 6.84. The van der Waals surface area contributed by atoms with Crippen LogP contribution in [0.25, 0.3) is 0 Å². The van der Waals surface area contributed by atoms with Gasteiger partial charge >= 0.3 is 0 Å². The van der Waals surface area contributed by atoms with E-state index in [1.165, 1.54) is 12.8 Å². The lowest BCUT2D eigenvalue weighted by Gasteiger charge is -2.23. The molecule has 2 atom stereocenters. The van der Waals surface area contributed by atoms with Crippen molar-refractivity contribution < 1.29 is 9.53 Å². The highest BCUT2D eigenvalue weighted by atomic mass is 35.5. The fourth-order valence-electron chi connectivity index (χ4n) is 2.50. The number of hydrogen-bond acceptors (Lipinski definition) is 3. The van der Waals surface area contributed by atoms with Crippen LogP contribution in [0.2, 0.25) is 5.02 Å². The van der Waals surface area contributed by atoms with Gasteiger partial charge in [0, 0.05) is 6.54 Å². The number of carbonyl (C=O) groups excluding carboxylic acids is 1. The largest absolute Gasteiger partial charge is 0.479 e. The van der Waals surface area contributed by atoms with Crippen LogP contribution in [0.15, 0.2) is 24.3 Å². The Morgan fingerprint density at radius 2 is 2.33 bits per heavy atom. The normalized spacial score (nSPS) is 19.8. The Kier molecular flexibility index (Phi) is 6.33. The third kappa shape index (κ3) is 5.21. The molecule has 1 aliphatic heterocycles. The molecule has 4 nitrogen and oxygen atoms in total. The number of rotatable bonds is 6. The van der Waals surface area contributed by atoms with Crippen molar-refractivity contribution >= 4 is 17.5 Å². The SMILES string of the molecule is CC(Oc1ccccc1Cl)C(=O)NCCC1CCCNC1. The molecule has 1 fully saturated rings. The first-order valence-electron chi connectivity index (χ1n) is 7.56. The van der Waals surface area contributed by atoms with Gasteiger partial charge in [-0.15, -0.1) is 0 Å². The van der Waals surface area contributed by atoms with Gasteiger partial charge in [-0.1, -0.05) is 23.7 Å². The molecule has 2 unspecified atom stereocenters. The van der Waals surface area contributed by atoms with Gasteiger partial charge in [-0.05, 0) is 57.3 Å². The summed E-state index contributed by atoms with van der Waals surface area (Å²) in [4.78, 5) is 12.0. The molecule has 1 aromatic rings. The molecular formula is C16H23ClN2O2. The zero-order valence-electron chi connectivity index (χ0n) is 12.4. The predicted octanol–water partition coefficient (Wildman–Crippen LogP) is 2.61. The smallest absolute Gasteiger partial charge is 0.260 e. The first kappa shape index (κ1) is 16.1. The van der Waals surface area contributed by atoms with Crippen molar-refractivity contribution in [3.8, 4) is 5.75 Å². The maximum atomic E-state index is 12.0. The number of halogens is 1. The highest BCUT2D eigenvalue weighted by molar-refractivity contribution is 6.32. The fraction of sp³-hybridized carbons (Fsp3) is 0.562. The van der Waals surface area contributed by atoms with Crippen molar-refractivity contribution in [2.45, 2.75) is 32.3 Å². The number of benzene rings is 1. The molecule has 1 saturated heterocycles. The van der Waals surface area contributed by atoms with Crippen LogP contribution in [0.1, 0.15) is 26.2 Å². The van der Waals surface area contributed by atoms with E-state index in [1.54, 1.807) is 19.1 Å². The number of carbonyl (C=O) groups is 1. The van der Waals surface area contributed by atoms with Crippen LogP contribution in [0.5, 0.6) is 5.75 Å². The van der Waals surface area contributed by atoms with Gasteiger partial charge in [0.2, 0.25) is 0 Å². The van der Waals surface area contributed by atoms with Crippen LogP contribution in [0.4, 0.5) is 0 Å². The number of amides is 1. The van der Waals surface area contributed by atoms with Gasteiger partial charge in [-0.25, -0.2) is 0 Å². The quantitative estimate of drug-likeness (QED) is 0.849. The van der Waals surface area contributed by atoms with Crippen LogP contribution < -0.4 is 15.4 Å². The maximum absolute atomic E-state index is 12.0. The molecule has 5 heteroatoms. The molecule has 116 valence electrons. The second-order valence-electron chi connectivity index (χ2n) is 5.48. The molecule has 0 saturated carbocycles. The molecule has 21 heavy (non-hydrogen) atoms. The fourth-order valence-corrected chi connectivity index (χ4v) is 2.68. The Bertz CT molecular complexity index is 461. The van der Waals surface area contributed by atoms with E-state index in [2.05, 4.69) is 10.6 Å². The van der Waals surface area contributed by atoms with Crippen LogP contribution in [-0.2, 0) is 4.79 Å². The van der Waals surface area contributed by atoms with E-state index in [0.717, 1.165) is 19.5 Å². The van der Waals surface area contributed by atoms with Crippen LogP contribution in [0.3, 0.4) is 0 Å². The average Bonchev–Trinajstić information content (AvgIpc) is 2.50. The zero-order chi connectivity index (χ0) is 15.1. The van der Waals surface area contributed by atoms with E-state index >= 15 is 0 Å². The van der Waals surface area contributed by atoms with Gasteiger partial charge in [0.25, 0.3) is 5.91 Å². The molecule has 0 bridgehead atoms. The number of para-hydroxylation sites is 1. The molecule has 0 spiro atoms. The Balaban J connectivity index is 1.71. The van der Waals surface area contributed by atoms with E-state index in [9.17, 15) is 4.79 Å². The molecule has 0 aliphatic carbocycles. The summed E-state index contributed by atoms with van der Waals surface area (Å²) in [5.74, 6) is 1.11. The highest BCUT2D eigenvalue weighted by Gasteiger charge is 2.17. The van der Waals surface area contributed by atoms with Gasteiger partial charge in [0.05, 0.1) is 5.02 Å². The van der Waals surface area contributed by atoms with Crippen LogP contribution >= 0.6 is 11.6 Å². The summed E-state index contributed by atoms with van der Waals surface area (Å²) in [6.45, 7) is 4.61. The molecule has 1 amide bonds. The molecule has 1 heterocycles. The van der Waals surface area contributed by atoms with Crippen molar-refractivity contribution in [1.29, 1.82) is 0 Å². The lowest BCUT2D eigenvalue weighted by Crippen LogP contribution is -2.38. The minimum Gasteiger partial charge on any atom is -0.479 e. The third-order valence-corrected chi connectivity index (χ3v) is 4.07. The summed E-state index contributed by atoms with van der Waals surface area (Å²) in [5.41, 5.74) is 0. The standard InChI is InChI=1S/C16H23ClN2O2/c1-12(21-15-7-3-2-6-14(15)17)16(20)19-10-8-13-5-4-9-18-11-13/h2-3,6-7,12-13,18H,4-5,8-11H2,1H3,(H,19,20). The summed E-state index contributed by atoms with van der Waals surface area (Å²) in [6.07, 6.45) is 2.94. The summed E-state index contributed by atoms with van der Waals surface area (Å²) in [7, 11) is 0. The second kappa shape index (κ2) is 8.25. The molecule has 2 N–H and O–H groups in total. The molecule has 2 rings (SSSR count). The topological polar surface area (TPSA) is 50.4 Å². The van der Waals surface area contributed by atoms with Gasteiger partial charge in [0.15, 0.2) is 6.10 Å². The first-order valence-corrected chi connectivity index (χ1v) is 7.94. The Labute approximate surface area is 131 Å². The van der Waals surface area contributed by atoms with Crippen molar-refractivity contribution in [2.75, 3.05) is 19.6 Å². The highest BCUT2D eigenvalue weighted by Crippen LogP contribution is 2.24. The Morgan fingerprint density at radius 3 is 3.05 bits per heavy atom. The number of piperidine rings is 1. The van der Waals surface area contributed by atoms with Crippen LogP contribution in [0, 0.1) is 5.92 Å². The monoisotopic (exact) mass is 310 g/mol. The minimum atomic E-state index is -0.547. The van der Waals surface area contributed by atoms with E-state index in [4.69, 9.17) is 16.3 Å². The molecule has 1 aliphatic rings. The maximum Gasteiger partial charge on any atom is 0.260 e. The van der Waals surface area contributed by atoms with Crippen molar-refractivity contribution in [3.63, 3.8) is 0 Å². The number of nitrogens with one attached hydrogen (secondary N) is 2. The van der Waals surface area contributed by atoms with E-state index < -0.39 is 6.10 Å². The minimum absolute atomic E-state index is 0.0984. The average molecular weight is 311 g/mol.